The lowest BCUT2D eigenvalue weighted by Crippen LogP contribution is -2.12. The Labute approximate surface area is 503 Å². The smallest absolute Gasteiger partial charge is 0.0540 e. The lowest BCUT2D eigenvalue weighted by atomic mass is 10.0. The minimum Gasteiger partial charge on any atom is -0.399 e. The Morgan fingerprint density at radius 2 is 0.430 bits per heavy atom. The summed E-state index contributed by atoms with van der Waals surface area (Å²) >= 11 is 0. The molecule has 0 spiro atoms. The molecular weight excluding hydrogens is 1040 g/mol. The highest BCUT2D eigenvalue weighted by Gasteiger charge is 2.21. The van der Waals surface area contributed by atoms with Crippen LogP contribution in [0.4, 0.5) is 73.9 Å². The highest BCUT2D eigenvalue weighted by Crippen LogP contribution is 2.45. The van der Waals surface area contributed by atoms with Crippen LogP contribution in [0, 0.1) is 6.92 Å². The van der Waals surface area contributed by atoms with Crippen molar-refractivity contribution in [1.82, 2.24) is 0 Å². The van der Waals surface area contributed by atoms with Gasteiger partial charge in [-0.25, -0.2) is 0 Å². The van der Waals surface area contributed by atoms with E-state index in [9.17, 15) is 0 Å². The van der Waals surface area contributed by atoms with E-state index in [1.807, 2.05) is 12.1 Å². The van der Waals surface area contributed by atoms with E-state index < -0.39 is 0 Å². The van der Waals surface area contributed by atoms with Crippen LogP contribution in [0.2, 0.25) is 0 Å². The monoisotopic (exact) mass is 1100 g/mol. The zero-order valence-corrected chi connectivity index (χ0v) is 47.7. The maximum absolute atomic E-state index is 6.24. The first-order chi connectivity index (χ1) is 42.5. The molecule has 0 aliphatic heterocycles. The molecule has 0 bridgehead atoms. The predicted molar refractivity (Wildman–Crippen MR) is 366 cm³/mol. The second kappa shape index (κ2) is 23.5. The molecule has 0 saturated carbocycles. The number of rotatable bonds is 15. The lowest BCUT2D eigenvalue weighted by Gasteiger charge is -2.29. The standard InChI is InChI=1S/C81H61N5/c1-58-26-38-74(39-27-58)85(80-24-12-20-65-18-8-10-22-78(65)80)76-54-50-72(51-55-76)83(68-40-28-61(29-41-68)59-14-4-2-5-15-59)70-44-32-63(33-45-70)64-34-46-71(47-35-64)84(69-42-30-62(31-43-69)60-16-6-3-7-17-60)73-52-56-77(57-53-73)86(75-48-36-67(82)37-49-75)81-25-13-21-66-19-9-11-23-79(66)81/h2-57H,82H2,1H3. The van der Waals surface area contributed by atoms with Gasteiger partial charge in [0.05, 0.1) is 11.4 Å². The molecule has 410 valence electrons. The van der Waals surface area contributed by atoms with Crippen molar-refractivity contribution < 1.29 is 0 Å². The van der Waals surface area contributed by atoms with Crippen molar-refractivity contribution in [3.63, 3.8) is 0 Å². The number of benzene rings is 14. The van der Waals surface area contributed by atoms with Gasteiger partial charge in [0.1, 0.15) is 0 Å². The molecule has 0 aliphatic rings. The maximum atomic E-state index is 6.24. The third-order valence-corrected chi connectivity index (χ3v) is 16.2. The third-order valence-electron chi connectivity index (χ3n) is 16.2. The summed E-state index contributed by atoms with van der Waals surface area (Å²) in [6, 6.07) is 122. The first kappa shape index (κ1) is 52.7. The zero-order valence-electron chi connectivity index (χ0n) is 47.7. The highest BCUT2D eigenvalue weighted by molar-refractivity contribution is 6.01. The van der Waals surface area contributed by atoms with Crippen molar-refractivity contribution in [2.45, 2.75) is 6.92 Å². The zero-order chi connectivity index (χ0) is 57.8. The van der Waals surface area contributed by atoms with Crippen molar-refractivity contribution in [3.05, 3.63) is 345 Å². The van der Waals surface area contributed by atoms with Gasteiger partial charge in [-0.05, 0) is 197 Å². The van der Waals surface area contributed by atoms with Crippen LogP contribution in [0.15, 0.2) is 340 Å². The number of nitrogens with two attached hydrogens (primary N) is 1. The molecule has 14 aromatic carbocycles. The highest BCUT2D eigenvalue weighted by atomic mass is 15.2. The van der Waals surface area contributed by atoms with Crippen LogP contribution >= 0.6 is 0 Å². The first-order valence-electron chi connectivity index (χ1n) is 29.3. The van der Waals surface area contributed by atoms with Crippen LogP contribution in [0.3, 0.4) is 0 Å². The van der Waals surface area contributed by atoms with Gasteiger partial charge in [-0.15, -0.1) is 0 Å². The average Bonchev–Trinajstić information content (AvgIpc) is 2.59. The largest absolute Gasteiger partial charge is 0.399 e. The summed E-state index contributed by atoms with van der Waals surface area (Å²) in [5.74, 6) is 0. The minimum absolute atomic E-state index is 0.726. The van der Waals surface area contributed by atoms with E-state index in [0.717, 1.165) is 85.1 Å². The molecule has 0 aliphatic carbocycles. The molecule has 0 aromatic heterocycles. The Hall–Kier alpha value is -11.4. The van der Waals surface area contributed by atoms with Gasteiger partial charge in [-0.1, -0.05) is 200 Å². The Morgan fingerprint density at radius 3 is 0.756 bits per heavy atom. The molecule has 0 saturated heterocycles. The maximum Gasteiger partial charge on any atom is 0.0540 e. The number of aryl methyl sites for hydroxylation is 1. The summed E-state index contributed by atoms with van der Waals surface area (Å²) in [7, 11) is 0. The molecule has 0 amide bonds. The number of anilines is 13. The van der Waals surface area contributed by atoms with Gasteiger partial charge in [-0.3, -0.25) is 0 Å². The summed E-state index contributed by atoms with van der Waals surface area (Å²) in [6.07, 6.45) is 0. The molecule has 0 radical (unpaired) electrons. The molecule has 5 heteroatoms. The summed E-state index contributed by atoms with van der Waals surface area (Å²) in [4.78, 5) is 9.37. The molecule has 0 heterocycles. The van der Waals surface area contributed by atoms with Crippen molar-refractivity contribution >= 4 is 95.5 Å². The van der Waals surface area contributed by atoms with E-state index in [0.29, 0.717) is 0 Å². The molecule has 86 heavy (non-hydrogen) atoms. The van der Waals surface area contributed by atoms with Gasteiger partial charge in [0, 0.05) is 73.3 Å². The molecule has 14 rings (SSSR count). The molecule has 14 aromatic rings. The van der Waals surface area contributed by atoms with Crippen LogP contribution in [0.1, 0.15) is 5.56 Å². The van der Waals surface area contributed by atoms with E-state index in [1.54, 1.807) is 0 Å². The van der Waals surface area contributed by atoms with Crippen molar-refractivity contribution in [1.29, 1.82) is 0 Å². The van der Waals surface area contributed by atoms with Crippen molar-refractivity contribution in [2.24, 2.45) is 0 Å². The van der Waals surface area contributed by atoms with Crippen LogP contribution in [-0.4, -0.2) is 0 Å². The number of hydrogen-bond donors (Lipinski definition) is 1. The van der Waals surface area contributed by atoms with Crippen molar-refractivity contribution in [3.8, 4) is 33.4 Å². The Balaban J connectivity index is 0.804. The number of nitrogen functional groups attached to an aromatic ring is 1. The fourth-order valence-electron chi connectivity index (χ4n) is 11.8. The van der Waals surface area contributed by atoms with E-state index in [1.165, 1.54) is 49.4 Å². The van der Waals surface area contributed by atoms with E-state index in [4.69, 9.17) is 5.73 Å². The van der Waals surface area contributed by atoms with Gasteiger partial charge < -0.3 is 25.3 Å². The fraction of sp³-hybridized carbons (Fsp3) is 0.0123. The molecule has 2 N–H and O–H groups in total. The van der Waals surface area contributed by atoms with Crippen LogP contribution < -0.4 is 25.3 Å². The summed E-state index contributed by atoms with van der Waals surface area (Å²) < 4.78 is 0. The lowest BCUT2D eigenvalue weighted by molar-refractivity contribution is 1.26. The predicted octanol–water partition coefficient (Wildman–Crippen LogP) is 22.8. The minimum atomic E-state index is 0.726. The number of hydrogen-bond acceptors (Lipinski definition) is 5. The summed E-state index contributed by atoms with van der Waals surface area (Å²) in [5, 5.41) is 4.75. The van der Waals surface area contributed by atoms with Gasteiger partial charge in [0.15, 0.2) is 0 Å². The number of fused-ring (bicyclic) bond motifs is 2. The quantitative estimate of drug-likeness (QED) is 0.104. The van der Waals surface area contributed by atoms with Gasteiger partial charge >= 0.3 is 0 Å². The average molecular weight is 1100 g/mol. The second-order valence-electron chi connectivity index (χ2n) is 21.7. The fourth-order valence-corrected chi connectivity index (χ4v) is 11.8. The van der Waals surface area contributed by atoms with Crippen LogP contribution in [-0.2, 0) is 0 Å². The van der Waals surface area contributed by atoms with Crippen molar-refractivity contribution in [2.75, 3.05) is 25.3 Å². The molecular formula is C81H61N5. The SMILES string of the molecule is Cc1ccc(N(c2ccc(N(c3ccc(-c4ccccc4)cc3)c3ccc(-c4ccc(N(c5ccc(-c6ccccc6)cc5)c5ccc(N(c6ccc(N)cc6)c6cccc7ccccc67)cc5)cc4)cc3)cc2)c2cccc3ccccc23)cc1. The topological polar surface area (TPSA) is 39.0 Å². The Morgan fingerprint density at radius 1 is 0.198 bits per heavy atom. The molecule has 5 nitrogen and oxygen atoms in total. The normalized spacial score (nSPS) is 11.1. The van der Waals surface area contributed by atoms with E-state index in [-0.39, 0.29) is 0 Å². The molecule has 0 atom stereocenters. The van der Waals surface area contributed by atoms with E-state index >= 15 is 0 Å². The van der Waals surface area contributed by atoms with E-state index in [2.05, 4.69) is 354 Å². The van der Waals surface area contributed by atoms with Crippen LogP contribution in [0.5, 0.6) is 0 Å². The first-order valence-corrected chi connectivity index (χ1v) is 29.3. The van der Waals surface area contributed by atoms with Gasteiger partial charge in [0.2, 0.25) is 0 Å². The Bertz CT molecular complexity index is 4280. The third kappa shape index (κ3) is 10.7. The molecule has 0 fully saturated rings. The summed E-state index contributed by atoms with van der Waals surface area (Å²) in [6.45, 7) is 2.14. The van der Waals surface area contributed by atoms with Crippen LogP contribution in [0.25, 0.3) is 54.9 Å². The number of nitrogens with zero attached hydrogens (tertiary/aromatic N) is 4. The summed E-state index contributed by atoms with van der Waals surface area (Å²) in [5.41, 5.74) is 27.9. The molecule has 0 unspecified atom stereocenters. The Kier molecular flexibility index (Phi) is 14.4. The van der Waals surface area contributed by atoms with Gasteiger partial charge in [0.25, 0.3) is 0 Å². The van der Waals surface area contributed by atoms with Gasteiger partial charge in [-0.2, -0.15) is 0 Å². The second-order valence-corrected chi connectivity index (χ2v) is 21.7.